The number of hydrogen-bond acceptors (Lipinski definition) is 6. The van der Waals surface area contributed by atoms with Gasteiger partial charge in [-0.1, -0.05) is 30.7 Å². The highest BCUT2D eigenvalue weighted by atomic mass is 35.5. The Labute approximate surface area is 204 Å². The fourth-order valence-corrected chi connectivity index (χ4v) is 4.39. The number of aliphatic hydroxyl groups excluding tert-OH is 1. The van der Waals surface area contributed by atoms with Gasteiger partial charge in [0.25, 0.3) is 11.7 Å². The Hall–Kier alpha value is -2.87. The van der Waals surface area contributed by atoms with Crippen LogP contribution in [0, 0.1) is 0 Å². The molecule has 0 bridgehead atoms. The van der Waals surface area contributed by atoms with E-state index in [-0.39, 0.29) is 11.3 Å². The number of benzene rings is 2. The predicted molar refractivity (Wildman–Crippen MR) is 130 cm³/mol. The van der Waals surface area contributed by atoms with E-state index in [4.69, 9.17) is 21.1 Å². The maximum Gasteiger partial charge on any atom is 0.295 e. The number of amides is 1. The molecule has 0 aromatic heterocycles. The third-order valence-corrected chi connectivity index (χ3v) is 6.34. The molecule has 2 saturated heterocycles. The third-order valence-electron chi connectivity index (χ3n) is 6.09. The zero-order valence-corrected chi connectivity index (χ0v) is 20.0. The van der Waals surface area contributed by atoms with Crippen molar-refractivity contribution in [2.45, 2.75) is 19.4 Å². The molecule has 4 rings (SSSR count). The lowest BCUT2D eigenvalue weighted by molar-refractivity contribution is -0.140. The number of hydrogen-bond donors (Lipinski definition) is 1. The fraction of sp³-hybridized carbons (Fsp3) is 0.385. The van der Waals surface area contributed by atoms with Gasteiger partial charge in [-0.3, -0.25) is 14.5 Å². The number of ketones is 1. The molecule has 0 aliphatic carbocycles. The number of morpholine rings is 1. The summed E-state index contributed by atoms with van der Waals surface area (Å²) in [5, 5.41) is 11.7. The molecule has 1 atom stereocenters. The highest BCUT2D eigenvalue weighted by Crippen LogP contribution is 2.39. The topological polar surface area (TPSA) is 79.3 Å². The summed E-state index contributed by atoms with van der Waals surface area (Å²) in [6, 6.07) is 13.2. The lowest BCUT2D eigenvalue weighted by atomic mass is 9.95. The van der Waals surface area contributed by atoms with Gasteiger partial charge >= 0.3 is 0 Å². The fourth-order valence-electron chi connectivity index (χ4n) is 4.26. The van der Waals surface area contributed by atoms with E-state index in [9.17, 15) is 14.7 Å². The molecule has 0 unspecified atom stereocenters. The van der Waals surface area contributed by atoms with Gasteiger partial charge in [-0.05, 0) is 48.4 Å². The molecule has 2 fully saturated rings. The molecule has 180 valence electrons. The number of nitrogens with zero attached hydrogens (tertiary/aromatic N) is 2. The van der Waals surface area contributed by atoms with Crippen LogP contribution in [0.2, 0.25) is 5.02 Å². The van der Waals surface area contributed by atoms with E-state index in [0.717, 1.165) is 25.1 Å². The summed E-state index contributed by atoms with van der Waals surface area (Å²) in [4.78, 5) is 30.0. The monoisotopic (exact) mass is 484 g/mol. The second kappa shape index (κ2) is 11.0. The molecule has 2 aromatic rings. The molecule has 34 heavy (non-hydrogen) atoms. The lowest BCUT2D eigenvalue weighted by Crippen LogP contribution is -2.42. The van der Waals surface area contributed by atoms with Crippen LogP contribution in [0.15, 0.2) is 54.1 Å². The van der Waals surface area contributed by atoms with Crippen molar-refractivity contribution < 1.29 is 24.2 Å². The molecule has 2 aliphatic heterocycles. The second-order valence-corrected chi connectivity index (χ2v) is 8.81. The highest BCUT2D eigenvalue weighted by molar-refractivity contribution is 6.46. The Morgan fingerprint density at radius 2 is 1.74 bits per heavy atom. The number of likely N-dealkylation sites (tertiary alicyclic amines) is 1. The zero-order valence-electron chi connectivity index (χ0n) is 19.2. The van der Waals surface area contributed by atoms with Crippen molar-refractivity contribution in [2.24, 2.45) is 0 Å². The normalized spacial score (nSPS) is 20.6. The molecule has 2 heterocycles. The maximum absolute atomic E-state index is 13.1. The number of carbonyl (C=O) groups excluding carboxylic acids is 2. The van der Waals surface area contributed by atoms with Crippen LogP contribution in [-0.4, -0.2) is 72.6 Å². The average Bonchev–Trinajstić information content (AvgIpc) is 3.12. The van der Waals surface area contributed by atoms with Crippen LogP contribution in [0.25, 0.3) is 5.76 Å². The summed E-state index contributed by atoms with van der Waals surface area (Å²) < 4.78 is 11.0. The zero-order chi connectivity index (χ0) is 24.1. The standard InChI is InChI=1S/C26H29ClN2O5/c1-2-15-34-21-9-5-19(6-10-21)24(30)22-23(18-3-7-20(27)8-4-18)29(26(32)25(22)31)12-11-28-13-16-33-17-14-28/h3-10,23,30H,2,11-17H2,1H3/t23-/m1/s1. The molecule has 8 heteroatoms. The van der Waals surface area contributed by atoms with E-state index in [1.54, 1.807) is 53.4 Å². The average molecular weight is 485 g/mol. The van der Waals surface area contributed by atoms with E-state index in [0.29, 0.717) is 49.2 Å². The Balaban J connectivity index is 1.67. The quantitative estimate of drug-likeness (QED) is 0.348. The minimum atomic E-state index is -0.700. The lowest BCUT2D eigenvalue weighted by Gasteiger charge is -2.31. The van der Waals surface area contributed by atoms with E-state index in [1.165, 1.54) is 0 Å². The number of Topliss-reactive ketones (excluding diaryl/α,β-unsaturated/α-hetero) is 1. The van der Waals surface area contributed by atoms with Crippen LogP contribution < -0.4 is 4.74 Å². The number of ether oxygens (including phenoxy) is 2. The number of halogens is 1. The summed E-state index contributed by atoms with van der Waals surface area (Å²) >= 11 is 6.08. The van der Waals surface area contributed by atoms with Crippen LogP contribution in [0.4, 0.5) is 0 Å². The van der Waals surface area contributed by atoms with Gasteiger partial charge in [0.2, 0.25) is 0 Å². The van der Waals surface area contributed by atoms with E-state index in [2.05, 4.69) is 4.90 Å². The molecule has 2 aromatic carbocycles. The van der Waals surface area contributed by atoms with Gasteiger partial charge in [0.05, 0.1) is 31.4 Å². The van der Waals surface area contributed by atoms with Crippen molar-refractivity contribution in [3.63, 3.8) is 0 Å². The Morgan fingerprint density at radius 1 is 1.06 bits per heavy atom. The molecule has 0 spiro atoms. The summed E-state index contributed by atoms with van der Waals surface area (Å²) in [5.41, 5.74) is 1.25. The van der Waals surface area contributed by atoms with E-state index in [1.807, 2.05) is 6.92 Å². The minimum absolute atomic E-state index is 0.0801. The van der Waals surface area contributed by atoms with Gasteiger partial charge in [-0.15, -0.1) is 0 Å². The van der Waals surface area contributed by atoms with Gasteiger partial charge < -0.3 is 19.5 Å². The Kier molecular flexibility index (Phi) is 7.88. The van der Waals surface area contributed by atoms with Gasteiger partial charge in [-0.2, -0.15) is 0 Å². The third kappa shape index (κ3) is 5.27. The van der Waals surface area contributed by atoms with Crippen molar-refractivity contribution in [2.75, 3.05) is 46.0 Å². The van der Waals surface area contributed by atoms with E-state index < -0.39 is 17.7 Å². The van der Waals surface area contributed by atoms with Crippen molar-refractivity contribution >= 4 is 29.1 Å². The van der Waals surface area contributed by atoms with Crippen LogP contribution in [0.1, 0.15) is 30.5 Å². The van der Waals surface area contributed by atoms with Crippen molar-refractivity contribution in [3.05, 3.63) is 70.3 Å². The smallest absolute Gasteiger partial charge is 0.295 e. The van der Waals surface area contributed by atoms with Gasteiger partial charge in [0.1, 0.15) is 11.5 Å². The highest BCUT2D eigenvalue weighted by Gasteiger charge is 2.46. The largest absolute Gasteiger partial charge is 0.507 e. The SMILES string of the molecule is CCCOc1ccc(C(O)=C2C(=O)C(=O)N(CCN3CCOCC3)[C@@H]2c2ccc(Cl)cc2)cc1. The summed E-state index contributed by atoms with van der Waals surface area (Å²) in [7, 11) is 0. The van der Waals surface area contributed by atoms with Crippen molar-refractivity contribution in [1.82, 2.24) is 9.80 Å². The first-order valence-electron chi connectivity index (χ1n) is 11.6. The maximum atomic E-state index is 13.1. The van der Waals surface area contributed by atoms with Crippen molar-refractivity contribution in [1.29, 1.82) is 0 Å². The first-order chi connectivity index (χ1) is 16.5. The summed E-state index contributed by atoms with van der Waals surface area (Å²) in [6.45, 7) is 6.45. The predicted octanol–water partition coefficient (Wildman–Crippen LogP) is 3.88. The number of carbonyl (C=O) groups is 2. The van der Waals surface area contributed by atoms with Crippen LogP contribution in [0.5, 0.6) is 5.75 Å². The molecular formula is C26H29ClN2O5. The van der Waals surface area contributed by atoms with Crippen LogP contribution in [-0.2, 0) is 14.3 Å². The van der Waals surface area contributed by atoms with Crippen LogP contribution in [0.3, 0.4) is 0 Å². The molecule has 1 amide bonds. The number of aliphatic hydroxyl groups is 1. The van der Waals surface area contributed by atoms with Crippen molar-refractivity contribution in [3.8, 4) is 5.75 Å². The molecular weight excluding hydrogens is 456 g/mol. The van der Waals surface area contributed by atoms with E-state index >= 15 is 0 Å². The molecule has 2 aliphatic rings. The molecule has 7 nitrogen and oxygen atoms in total. The number of rotatable bonds is 8. The first kappa shape index (κ1) is 24.3. The second-order valence-electron chi connectivity index (χ2n) is 8.37. The van der Waals surface area contributed by atoms with Gasteiger partial charge in [-0.25, -0.2) is 0 Å². The molecule has 0 radical (unpaired) electrons. The Bertz CT molecular complexity index is 1050. The van der Waals surface area contributed by atoms with Gasteiger partial charge in [0.15, 0.2) is 0 Å². The first-order valence-corrected chi connectivity index (χ1v) is 11.9. The summed E-state index contributed by atoms with van der Waals surface area (Å²) in [6.07, 6.45) is 0.886. The Morgan fingerprint density at radius 3 is 2.38 bits per heavy atom. The molecule has 1 N–H and O–H groups in total. The minimum Gasteiger partial charge on any atom is -0.507 e. The van der Waals surface area contributed by atoms with Gasteiger partial charge in [0, 0.05) is 36.8 Å². The summed E-state index contributed by atoms with van der Waals surface area (Å²) in [5.74, 6) is -0.823. The van der Waals surface area contributed by atoms with Crippen LogP contribution >= 0.6 is 11.6 Å². The molecule has 0 saturated carbocycles.